The van der Waals surface area contributed by atoms with Crippen LogP contribution in [0.25, 0.3) is 0 Å². The van der Waals surface area contributed by atoms with Gasteiger partial charge in [-0.05, 0) is 31.6 Å². The molecule has 1 saturated heterocycles. The zero-order chi connectivity index (χ0) is 15.5. The Kier molecular flexibility index (Phi) is 5.10. The van der Waals surface area contributed by atoms with E-state index in [1.165, 1.54) is 24.2 Å². The van der Waals surface area contributed by atoms with E-state index in [9.17, 15) is 4.79 Å². The first-order valence-electron chi connectivity index (χ1n) is 8.13. The molecule has 122 valence electrons. The zero-order valence-electron chi connectivity index (χ0n) is 13.2. The van der Waals surface area contributed by atoms with Crippen LogP contribution in [-0.2, 0) is 14.3 Å². The topological polar surface area (TPSA) is 60.5 Å². The van der Waals surface area contributed by atoms with E-state index in [-0.39, 0.29) is 17.9 Å². The lowest BCUT2D eigenvalue weighted by Crippen LogP contribution is -2.36. The third kappa shape index (κ3) is 4.06. The van der Waals surface area contributed by atoms with Gasteiger partial charge in [-0.25, -0.2) is 4.98 Å². The summed E-state index contributed by atoms with van der Waals surface area (Å²) in [6, 6.07) is 0. The molecule has 1 saturated carbocycles. The molecule has 0 bridgehead atoms. The van der Waals surface area contributed by atoms with Crippen molar-refractivity contribution in [1.82, 2.24) is 4.98 Å². The number of hydrogen-bond acceptors (Lipinski definition) is 5. The van der Waals surface area contributed by atoms with Gasteiger partial charge in [0.2, 0.25) is 0 Å². The van der Waals surface area contributed by atoms with E-state index in [0.717, 1.165) is 25.1 Å². The van der Waals surface area contributed by atoms with Gasteiger partial charge in [0.15, 0.2) is 5.13 Å². The summed E-state index contributed by atoms with van der Waals surface area (Å²) in [6.45, 7) is 5.28. The van der Waals surface area contributed by atoms with E-state index in [1.54, 1.807) is 0 Å². The van der Waals surface area contributed by atoms with Crippen molar-refractivity contribution in [3.8, 4) is 0 Å². The van der Waals surface area contributed by atoms with Crippen LogP contribution < -0.4 is 5.32 Å². The number of carbonyl (C=O) groups excluding carboxylic acids is 1. The van der Waals surface area contributed by atoms with Crippen molar-refractivity contribution < 1.29 is 14.3 Å². The monoisotopic (exact) mass is 324 g/mol. The maximum atomic E-state index is 12.4. The van der Waals surface area contributed by atoms with Gasteiger partial charge in [0.25, 0.3) is 5.91 Å². The maximum Gasteiger partial charge on any atom is 0.255 e. The molecule has 1 aliphatic carbocycles. The quantitative estimate of drug-likeness (QED) is 0.837. The summed E-state index contributed by atoms with van der Waals surface area (Å²) < 4.78 is 11.4. The molecule has 2 atom stereocenters. The Labute approximate surface area is 135 Å². The van der Waals surface area contributed by atoms with Gasteiger partial charge in [-0.2, -0.15) is 0 Å². The molecule has 2 heterocycles. The van der Waals surface area contributed by atoms with Crippen molar-refractivity contribution in [3.05, 3.63) is 11.1 Å². The number of aromatic nitrogens is 1. The van der Waals surface area contributed by atoms with E-state index in [2.05, 4.69) is 10.3 Å². The number of thiazole rings is 1. The molecule has 1 N–H and O–H groups in total. The molecule has 2 aliphatic rings. The fraction of sp³-hybridized carbons (Fsp3) is 0.750. The summed E-state index contributed by atoms with van der Waals surface area (Å²) >= 11 is 1.50. The van der Waals surface area contributed by atoms with E-state index in [4.69, 9.17) is 9.47 Å². The summed E-state index contributed by atoms with van der Waals surface area (Å²) in [7, 11) is 0. The largest absolute Gasteiger partial charge is 0.376 e. The van der Waals surface area contributed by atoms with Gasteiger partial charge in [-0.3, -0.25) is 10.1 Å². The summed E-state index contributed by atoms with van der Waals surface area (Å²) in [5.41, 5.74) is 1.11. The van der Waals surface area contributed by atoms with Gasteiger partial charge in [0, 0.05) is 17.9 Å². The Hall–Kier alpha value is -0.980. The lowest BCUT2D eigenvalue weighted by atomic mass is 10.1. The SMILES string of the molecule is CC(C)[C@H](OC[C@H]1CCCO1)C(=O)Nc1nc(C2CC2)cs1. The molecule has 0 unspecified atom stereocenters. The van der Waals surface area contributed by atoms with E-state index >= 15 is 0 Å². The molecular weight excluding hydrogens is 300 g/mol. The first kappa shape index (κ1) is 15.9. The standard InChI is InChI=1S/C16H24N2O3S/c1-10(2)14(21-8-12-4-3-7-20-12)15(19)18-16-17-13(9-22-16)11-5-6-11/h9-12,14H,3-8H2,1-2H3,(H,17,18,19)/t12-,14+/m1/s1. The van der Waals surface area contributed by atoms with Crippen LogP contribution in [0, 0.1) is 5.92 Å². The molecule has 1 amide bonds. The van der Waals surface area contributed by atoms with Gasteiger partial charge < -0.3 is 9.47 Å². The second kappa shape index (κ2) is 7.06. The molecule has 0 spiro atoms. The fourth-order valence-corrected chi connectivity index (χ4v) is 3.44. The van der Waals surface area contributed by atoms with Crippen LogP contribution in [0.3, 0.4) is 0 Å². The average molecular weight is 324 g/mol. The number of nitrogens with zero attached hydrogens (tertiary/aromatic N) is 1. The van der Waals surface area contributed by atoms with Crippen LogP contribution >= 0.6 is 11.3 Å². The lowest BCUT2D eigenvalue weighted by molar-refractivity contribution is -0.132. The van der Waals surface area contributed by atoms with Crippen LogP contribution in [0.15, 0.2) is 5.38 Å². The van der Waals surface area contributed by atoms with Gasteiger partial charge in [0.05, 0.1) is 18.4 Å². The normalized spacial score (nSPS) is 23.0. The number of hydrogen-bond donors (Lipinski definition) is 1. The maximum absolute atomic E-state index is 12.4. The third-order valence-electron chi connectivity index (χ3n) is 4.10. The number of nitrogens with one attached hydrogen (secondary N) is 1. The predicted molar refractivity (Wildman–Crippen MR) is 86.3 cm³/mol. The molecular formula is C16H24N2O3S. The molecule has 1 aliphatic heterocycles. The van der Waals surface area contributed by atoms with Crippen molar-refractivity contribution in [2.24, 2.45) is 5.92 Å². The van der Waals surface area contributed by atoms with Gasteiger partial charge >= 0.3 is 0 Å². The van der Waals surface area contributed by atoms with Gasteiger partial charge in [-0.15, -0.1) is 11.3 Å². The molecule has 2 fully saturated rings. The minimum absolute atomic E-state index is 0.107. The lowest BCUT2D eigenvalue weighted by Gasteiger charge is -2.22. The fourth-order valence-electron chi connectivity index (χ4n) is 2.64. The minimum Gasteiger partial charge on any atom is -0.376 e. The second-order valence-corrected chi connectivity index (χ2v) is 7.33. The van der Waals surface area contributed by atoms with E-state index in [0.29, 0.717) is 17.7 Å². The summed E-state index contributed by atoms with van der Waals surface area (Å²) in [4.78, 5) is 16.9. The highest BCUT2D eigenvalue weighted by Gasteiger charge is 2.28. The summed E-state index contributed by atoms with van der Waals surface area (Å²) in [5, 5.41) is 5.63. The Morgan fingerprint density at radius 1 is 1.50 bits per heavy atom. The van der Waals surface area contributed by atoms with Crippen molar-refractivity contribution in [2.75, 3.05) is 18.5 Å². The molecule has 3 rings (SSSR count). The number of rotatable bonds is 7. The average Bonchev–Trinajstić information content (AvgIpc) is 2.99. The smallest absolute Gasteiger partial charge is 0.255 e. The first-order valence-corrected chi connectivity index (χ1v) is 9.01. The van der Waals surface area contributed by atoms with Crippen LogP contribution in [0.1, 0.15) is 51.1 Å². The highest BCUT2D eigenvalue weighted by molar-refractivity contribution is 7.13. The Balaban J connectivity index is 1.53. The Morgan fingerprint density at radius 3 is 2.95 bits per heavy atom. The number of amides is 1. The molecule has 1 aromatic rings. The van der Waals surface area contributed by atoms with Gasteiger partial charge in [-0.1, -0.05) is 13.8 Å². The summed E-state index contributed by atoms with van der Waals surface area (Å²) in [6.07, 6.45) is 4.21. The van der Waals surface area contributed by atoms with Crippen LogP contribution in [0.5, 0.6) is 0 Å². The predicted octanol–water partition coefficient (Wildman–Crippen LogP) is 3.18. The van der Waals surface area contributed by atoms with E-state index in [1.807, 2.05) is 19.2 Å². The Morgan fingerprint density at radius 2 is 2.32 bits per heavy atom. The highest BCUT2D eigenvalue weighted by Crippen LogP contribution is 2.40. The number of carbonyl (C=O) groups is 1. The molecule has 1 aromatic heterocycles. The molecule has 6 heteroatoms. The second-order valence-electron chi connectivity index (χ2n) is 6.47. The molecule has 22 heavy (non-hydrogen) atoms. The Bertz CT molecular complexity index is 507. The highest BCUT2D eigenvalue weighted by atomic mass is 32.1. The van der Waals surface area contributed by atoms with Crippen LogP contribution in [-0.4, -0.2) is 36.3 Å². The molecule has 0 radical (unpaired) electrons. The molecule has 0 aromatic carbocycles. The first-order chi connectivity index (χ1) is 10.6. The van der Waals surface area contributed by atoms with Crippen molar-refractivity contribution in [2.45, 2.75) is 57.7 Å². The van der Waals surface area contributed by atoms with Gasteiger partial charge in [0.1, 0.15) is 6.10 Å². The number of anilines is 1. The third-order valence-corrected chi connectivity index (χ3v) is 4.87. The van der Waals surface area contributed by atoms with Crippen LogP contribution in [0.2, 0.25) is 0 Å². The molecule has 5 nitrogen and oxygen atoms in total. The summed E-state index contributed by atoms with van der Waals surface area (Å²) in [5.74, 6) is 0.618. The van der Waals surface area contributed by atoms with E-state index < -0.39 is 6.10 Å². The van der Waals surface area contributed by atoms with Crippen molar-refractivity contribution in [1.29, 1.82) is 0 Å². The zero-order valence-corrected chi connectivity index (χ0v) is 14.0. The van der Waals surface area contributed by atoms with Crippen LogP contribution in [0.4, 0.5) is 5.13 Å². The van der Waals surface area contributed by atoms with Crippen molar-refractivity contribution in [3.63, 3.8) is 0 Å². The number of ether oxygens (including phenoxy) is 2. The van der Waals surface area contributed by atoms with Crippen molar-refractivity contribution >= 4 is 22.4 Å². The minimum atomic E-state index is -0.461.